The number of carbonyl (C=O) groups excluding carboxylic acids is 1. The number of carbonyl (C=O) groups is 1. The third-order valence-corrected chi connectivity index (χ3v) is 2.56. The average molecular weight is 266 g/mol. The van der Waals surface area contributed by atoms with Crippen molar-refractivity contribution in [2.24, 2.45) is 0 Å². The molecule has 0 aliphatic rings. The SMILES string of the molecule is N#Cc1ncn(CC(=O)Nc2ccc(N)cc2)c1C#N. The Morgan fingerprint density at radius 1 is 1.30 bits per heavy atom. The van der Waals surface area contributed by atoms with Gasteiger partial charge in [-0.3, -0.25) is 4.79 Å². The second-order valence-electron chi connectivity index (χ2n) is 3.96. The standard InChI is InChI=1S/C13H10N6O/c14-5-11-12(6-15)19(8-17-11)7-13(20)18-10-3-1-9(16)2-4-10/h1-4,8H,7,16H2,(H,18,20). The molecule has 98 valence electrons. The number of nitrogens with zero attached hydrogens (tertiary/aromatic N) is 4. The van der Waals surface area contributed by atoms with Crippen molar-refractivity contribution in [3.63, 3.8) is 0 Å². The normalized spacial score (nSPS) is 9.50. The van der Waals surface area contributed by atoms with Crippen molar-refractivity contribution in [3.05, 3.63) is 42.0 Å². The molecule has 0 bridgehead atoms. The minimum atomic E-state index is -0.326. The van der Waals surface area contributed by atoms with Crippen molar-refractivity contribution in [3.8, 4) is 12.1 Å². The van der Waals surface area contributed by atoms with Gasteiger partial charge in [-0.2, -0.15) is 10.5 Å². The lowest BCUT2D eigenvalue weighted by Crippen LogP contribution is -2.19. The predicted octanol–water partition coefficient (Wildman–Crippen LogP) is 0.847. The molecule has 1 heterocycles. The van der Waals surface area contributed by atoms with Crippen LogP contribution in [-0.4, -0.2) is 15.5 Å². The molecule has 3 N–H and O–H groups in total. The minimum absolute atomic E-state index is 0.00721. The minimum Gasteiger partial charge on any atom is -0.399 e. The first-order valence-corrected chi connectivity index (χ1v) is 5.64. The van der Waals surface area contributed by atoms with Crippen LogP contribution in [-0.2, 0) is 11.3 Å². The van der Waals surface area contributed by atoms with Crippen molar-refractivity contribution < 1.29 is 4.79 Å². The van der Waals surface area contributed by atoms with E-state index >= 15 is 0 Å². The molecule has 0 fully saturated rings. The van der Waals surface area contributed by atoms with Crippen molar-refractivity contribution in [1.29, 1.82) is 10.5 Å². The lowest BCUT2D eigenvalue weighted by molar-refractivity contribution is -0.116. The summed E-state index contributed by atoms with van der Waals surface area (Å²) in [7, 11) is 0. The highest BCUT2D eigenvalue weighted by atomic mass is 16.1. The number of hydrogen-bond acceptors (Lipinski definition) is 5. The number of amides is 1. The fraction of sp³-hybridized carbons (Fsp3) is 0.0769. The average Bonchev–Trinajstić information content (AvgIpc) is 2.83. The molecule has 0 atom stereocenters. The lowest BCUT2D eigenvalue weighted by atomic mass is 10.3. The van der Waals surface area contributed by atoms with Crippen LogP contribution >= 0.6 is 0 Å². The van der Waals surface area contributed by atoms with Gasteiger partial charge < -0.3 is 15.6 Å². The maximum absolute atomic E-state index is 11.8. The van der Waals surface area contributed by atoms with Gasteiger partial charge in [-0.1, -0.05) is 0 Å². The number of benzene rings is 1. The fourth-order valence-corrected chi connectivity index (χ4v) is 1.62. The van der Waals surface area contributed by atoms with Crippen LogP contribution in [0.2, 0.25) is 0 Å². The van der Waals surface area contributed by atoms with Crippen LogP contribution in [0.5, 0.6) is 0 Å². The Kier molecular flexibility index (Phi) is 3.64. The van der Waals surface area contributed by atoms with E-state index in [-0.39, 0.29) is 23.8 Å². The number of hydrogen-bond donors (Lipinski definition) is 2. The van der Waals surface area contributed by atoms with Gasteiger partial charge in [0, 0.05) is 11.4 Å². The second kappa shape index (κ2) is 5.55. The molecule has 0 saturated carbocycles. The Balaban J connectivity index is 2.09. The van der Waals surface area contributed by atoms with E-state index in [1.54, 1.807) is 30.3 Å². The summed E-state index contributed by atoms with van der Waals surface area (Å²) in [4.78, 5) is 15.6. The smallest absolute Gasteiger partial charge is 0.244 e. The number of nitriles is 2. The van der Waals surface area contributed by atoms with Crippen LogP contribution in [0.1, 0.15) is 11.4 Å². The summed E-state index contributed by atoms with van der Waals surface area (Å²) < 4.78 is 1.32. The lowest BCUT2D eigenvalue weighted by Gasteiger charge is -2.06. The molecule has 1 aromatic heterocycles. The van der Waals surface area contributed by atoms with Gasteiger partial charge >= 0.3 is 0 Å². The zero-order valence-corrected chi connectivity index (χ0v) is 10.4. The zero-order valence-electron chi connectivity index (χ0n) is 10.4. The summed E-state index contributed by atoms with van der Waals surface area (Å²) in [6, 6.07) is 10.3. The maximum Gasteiger partial charge on any atom is 0.244 e. The topological polar surface area (TPSA) is 121 Å². The Labute approximate surface area is 114 Å². The first-order chi connectivity index (χ1) is 9.63. The van der Waals surface area contributed by atoms with E-state index < -0.39 is 0 Å². The number of anilines is 2. The van der Waals surface area contributed by atoms with Crippen LogP contribution < -0.4 is 11.1 Å². The highest BCUT2D eigenvalue weighted by molar-refractivity contribution is 5.90. The Bertz CT molecular complexity index is 717. The van der Waals surface area contributed by atoms with Crippen LogP contribution in [0.3, 0.4) is 0 Å². The largest absolute Gasteiger partial charge is 0.399 e. The molecule has 1 amide bonds. The number of nitrogens with two attached hydrogens (primary N) is 1. The van der Waals surface area contributed by atoms with E-state index in [2.05, 4.69) is 10.3 Å². The number of rotatable bonds is 3. The van der Waals surface area contributed by atoms with Gasteiger partial charge in [0.15, 0.2) is 11.4 Å². The van der Waals surface area contributed by atoms with Gasteiger partial charge in [0.25, 0.3) is 0 Å². The van der Waals surface area contributed by atoms with Gasteiger partial charge in [0.05, 0.1) is 6.33 Å². The monoisotopic (exact) mass is 266 g/mol. The molecule has 0 radical (unpaired) electrons. The van der Waals surface area contributed by atoms with E-state index in [1.165, 1.54) is 10.9 Å². The number of aromatic nitrogens is 2. The van der Waals surface area contributed by atoms with Crippen LogP contribution in [0, 0.1) is 22.7 Å². The molecule has 0 aliphatic carbocycles. The maximum atomic E-state index is 11.8. The summed E-state index contributed by atoms with van der Waals surface area (Å²) in [5.41, 5.74) is 6.82. The highest BCUT2D eigenvalue weighted by Gasteiger charge is 2.12. The molecule has 7 nitrogen and oxygen atoms in total. The third kappa shape index (κ3) is 2.74. The summed E-state index contributed by atoms with van der Waals surface area (Å²) in [6.45, 7) is -0.0953. The molecule has 7 heteroatoms. The molecular formula is C13H10N6O. The second-order valence-corrected chi connectivity index (χ2v) is 3.96. The quantitative estimate of drug-likeness (QED) is 0.797. The predicted molar refractivity (Wildman–Crippen MR) is 71.1 cm³/mol. The van der Waals surface area contributed by atoms with Crippen molar-refractivity contribution >= 4 is 17.3 Å². The fourth-order valence-electron chi connectivity index (χ4n) is 1.62. The molecular weight excluding hydrogens is 256 g/mol. The first-order valence-electron chi connectivity index (χ1n) is 5.64. The Hall–Kier alpha value is -3.32. The summed E-state index contributed by atoms with van der Waals surface area (Å²) in [5.74, 6) is -0.326. The summed E-state index contributed by atoms with van der Waals surface area (Å²) >= 11 is 0. The van der Waals surface area contributed by atoms with E-state index in [1.807, 2.05) is 6.07 Å². The summed E-state index contributed by atoms with van der Waals surface area (Å²) in [6.07, 6.45) is 1.29. The molecule has 0 spiro atoms. The third-order valence-electron chi connectivity index (χ3n) is 2.56. The van der Waals surface area contributed by atoms with Gasteiger partial charge in [-0.15, -0.1) is 0 Å². The number of imidazole rings is 1. The first kappa shape index (κ1) is 13.1. The molecule has 0 saturated heterocycles. The Morgan fingerprint density at radius 3 is 2.60 bits per heavy atom. The molecule has 1 aromatic carbocycles. The Morgan fingerprint density at radius 2 is 2.00 bits per heavy atom. The zero-order chi connectivity index (χ0) is 14.5. The van der Waals surface area contributed by atoms with Gasteiger partial charge in [-0.05, 0) is 24.3 Å². The van der Waals surface area contributed by atoms with E-state index in [0.717, 1.165) is 0 Å². The van der Waals surface area contributed by atoms with Gasteiger partial charge in [0.1, 0.15) is 18.7 Å². The molecule has 2 aromatic rings. The number of nitrogen functional groups attached to an aromatic ring is 1. The van der Waals surface area contributed by atoms with E-state index in [4.69, 9.17) is 16.3 Å². The number of nitrogens with one attached hydrogen (secondary N) is 1. The molecule has 0 aliphatic heterocycles. The van der Waals surface area contributed by atoms with Gasteiger partial charge in [0.2, 0.25) is 5.91 Å². The molecule has 2 rings (SSSR count). The van der Waals surface area contributed by atoms with Crippen molar-refractivity contribution in [1.82, 2.24) is 9.55 Å². The molecule has 0 unspecified atom stereocenters. The summed E-state index contributed by atoms with van der Waals surface area (Å²) in [5, 5.41) is 20.4. The highest BCUT2D eigenvalue weighted by Crippen LogP contribution is 2.11. The van der Waals surface area contributed by atoms with Crippen LogP contribution in [0.15, 0.2) is 30.6 Å². The van der Waals surface area contributed by atoms with Crippen LogP contribution in [0.4, 0.5) is 11.4 Å². The van der Waals surface area contributed by atoms with Crippen LogP contribution in [0.25, 0.3) is 0 Å². The van der Waals surface area contributed by atoms with Crippen molar-refractivity contribution in [2.45, 2.75) is 6.54 Å². The molecule has 20 heavy (non-hydrogen) atoms. The van der Waals surface area contributed by atoms with Gasteiger partial charge in [-0.25, -0.2) is 4.98 Å². The van der Waals surface area contributed by atoms with E-state index in [0.29, 0.717) is 11.4 Å². The van der Waals surface area contributed by atoms with Crippen molar-refractivity contribution in [2.75, 3.05) is 11.1 Å². The van der Waals surface area contributed by atoms with E-state index in [9.17, 15) is 4.79 Å².